The fraction of sp³-hybridized carbons (Fsp3) is 0.467. The van der Waals surface area contributed by atoms with Crippen LogP contribution in [0.25, 0.3) is 0 Å². The molecule has 0 aromatic heterocycles. The summed E-state index contributed by atoms with van der Waals surface area (Å²) in [5.41, 5.74) is 0. The fourth-order valence-corrected chi connectivity index (χ4v) is 3.82. The van der Waals surface area contributed by atoms with Crippen LogP contribution < -0.4 is 0 Å². The number of nitrogens with zero attached hydrogens (tertiary/aromatic N) is 1. The van der Waals surface area contributed by atoms with Gasteiger partial charge in [0.15, 0.2) is 0 Å². The van der Waals surface area contributed by atoms with Gasteiger partial charge in [0.05, 0.1) is 0 Å². The lowest BCUT2D eigenvalue weighted by Crippen LogP contribution is -2.41. The quantitative estimate of drug-likeness (QED) is 0.777. The molecule has 2 heteroatoms. The Kier molecular flexibility index (Phi) is 3.53. The van der Waals surface area contributed by atoms with Gasteiger partial charge >= 0.3 is 0 Å². The number of fused-ring (bicyclic) bond motifs is 1. The van der Waals surface area contributed by atoms with E-state index in [1.165, 1.54) is 43.7 Å². The first-order chi connectivity index (χ1) is 8.42. The first kappa shape index (κ1) is 11.4. The highest BCUT2D eigenvalue weighted by Crippen LogP contribution is 2.35. The Bertz CT molecular complexity index is 399. The summed E-state index contributed by atoms with van der Waals surface area (Å²) in [6, 6.07) is 11.6. The van der Waals surface area contributed by atoms with Crippen molar-refractivity contribution in [3.05, 3.63) is 41.3 Å². The van der Waals surface area contributed by atoms with Crippen LogP contribution in [-0.2, 0) is 0 Å². The van der Waals surface area contributed by atoms with Gasteiger partial charge in [0.2, 0.25) is 0 Å². The van der Waals surface area contributed by atoms with Gasteiger partial charge in [-0.3, -0.25) is 4.90 Å². The Morgan fingerprint density at radius 1 is 1.12 bits per heavy atom. The van der Waals surface area contributed by atoms with E-state index in [1.54, 1.807) is 4.91 Å². The molecule has 2 heterocycles. The average molecular weight is 245 g/mol. The maximum Gasteiger partial charge on any atom is 0.0177 e. The molecule has 0 spiro atoms. The molecule has 3 rings (SSSR count). The van der Waals surface area contributed by atoms with Crippen molar-refractivity contribution in [2.24, 2.45) is 0 Å². The minimum atomic E-state index is 0.819. The van der Waals surface area contributed by atoms with Gasteiger partial charge in [0.25, 0.3) is 0 Å². The second kappa shape index (κ2) is 5.28. The van der Waals surface area contributed by atoms with E-state index in [0.717, 1.165) is 6.04 Å². The van der Waals surface area contributed by atoms with Crippen LogP contribution in [0.2, 0.25) is 0 Å². The maximum atomic E-state index is 2.65. The van der Waals surface area contributed by atoms with Gasteiger partial charge in [-0.2, -0.15) is 0 Å². The number of rotatable bonds is 2. The lowest BCUT2D eigenvalue weighted by molar-refractivity contribution is 0.157. The van der Waals surface area contributed by atoms with E-state index in [2.05, 4.69) is 41.3 Å². The van der Waals surface area contributed by atoms with Crippen LogP contribution >= 0.6 is 11.8 Å². The van der Waals surface area contributed by atoms with Crippen LogP contribution in [0.15, 0.2) is 46.2 Å². The Labute approximate surface area is 108 Å². The third kappa shape index (κ3) is 2.75. The van der Waals surface area contributed by atoms with E-state index >= 15 is 0 Å². The Morgan fingerprint density at radius 3 is 2.88 bits per heavy atom. The van der Waals surface area contributed by atoms with Crippen LogP contribution in [0.1, 0.15) is 25.7 Å². The first-order valence-corrected chi connectivity index (χ1v) is 7.39. The minimum Gasteiger partial charge on any atom is -0.296 e. The van der Waals surface area contributed by atoms with Crippen molar-refractivity contribution in [1.29, 1.82) is 0 Å². The van der Waals surface area contributed by atoms with Crippen molar-refractivity contribution < 1.29 is 0 Å². The third-order valence-electron chi connectivity index (χ3n) is 3.73. The van der Waals surface area contributed by atoms with Crippen molar-refractivity contribution in [2.45, 2.75) is 36.6 Å². The summed E-state index contributed by atoms with van der Waals surface area (Å²) in [5, 5.41) is 0. The van der Waals surface area contributed by atoms with Crippen molar-refractivity contribution in [1.82, 2.24) is 4.90 Å². The van der Waals surface area contributed by atoms with Gasteiger partial charge in [-0.05, 0) is 42.8 Å². The van der Waals surface area contributed by atoms with Crippen molar-refractivity contribution >= 4 is 11.8 Å². The summed E-state index contributed by atoms with van der Waals surface area (Å²) in [6.45, 7) is 2.48. The van der Waals surface area contributed by atoms with Crippen molar-refractivity contribution in [3.63, 3.8) is 0 Å². The lowest BCUT2D eigenvalue weighted by atomic mass is 9.97. The molecule has 0 N–H and O–H groups in total. The highest BCUT2D eigenvalue weighted by atomic mass is 32.2. The van der Waals surface area contributed by atoms with E-state index in [0.29, 0.717) is 0 Å². The third-order valence-corrected chi connectivity index (χ3v) is 4.83. The summed E-state index contributed by atoms with van der Waals surface area (Å²) in [5.74, 6) is 0. The topological polar surface area (TPSA) is 3.24 Å². The molecule has 2 aliphatic rings. The highest BCUT2D eigenvalue weighted by Gasteiger charge is 2.25. The molecule has 1 aromatic rings. The van der Waals surface area contributed by atoms with E-state index in [-0.39, 0.29) is 0 Å². The van der Waals surface area contributed by atoms with Gasteiger partial charge in [-0.1, -0.05) is 42.5 Å². The monoisotopic (exact) mass is 245 g/mol. The number of piperidine rings is 1. The zero-order chi connectivity index (χ0) is 11.5. The highest BCUT2D eigenvalue weighted by molar-refractivity contribution is 8.03. The Morgan fingerprint density at radius 2 is 2.00 bits per heavy atom. The zero-order valence-corrected chi connectivity index (χ0v) is 11.0. The molecule has 90 valence electrons. The predicted octanol–water partition coefficient (Wildman–Crippen LogP) is 3.92. The molecule has 0 aliphatic carbocycles. The maximum absolute atomic E-state index is 2.65. The summed E-state index contributed by atoms with van der Waals surface area (Å²) in [6.07, 6.45) is 7.90. The molecule has 1 fully saturated rings. The smallest absolute Gasteiger partial charge is 0.0177 e. The number of benzene rings is 1. The molecular formula is C15H19NS. The van der Waals surface area contributed by atoms with E-state index in [4.69, 9.17) is 0 Å². The van der Waals surface area contributed by atoms with Gasteiger partial charge in [-0.15, -0.1) is 0 Å². The van der Waals surface area contributed by atoms with Crippen molar-refractivity contribution in [2.75, 3.05) is 13.1 Å². The standard InChI is InChI=1S/C15H19NS/c1-2-7-14(8-3-1)17-15-9-11-16-10-5-4-6-13(16)12-15/h1-3,7-9,13H,4-6,10-12H2. The average Bonchev–Trinajstić information content (AvgIpc) is 2.40. The Balaban J connectivity index is 1.67. The number of thioether (sulfide) groups is 1. The molecule has 1 atom stereocenters. The van der Waals surface area contributed by atoms with Crippen LogP contribution in [0.4, 0.5) is 0 Å². The SMILES string of the molecule is C1=C(Sc2ccccc2)CC2CCCCN2C1. The predicted molar refractivity (Wildman–Crippen MR) is 74.2 cm³/mol. The molecule has 0 saturated carbocycles. The van der Waals surface area contributed by atoms with Gasteiger partial charge in [-0.25, -0.2) is 0 Å². The van der Waals surface area contributed by atoms with Gasteiger partial charge in [0, 0.05) is 17.5 Å². The number of hydrogen-bond donors (Lipinski definition) is 0. The second-order valence-corrected chi connectivity index (χ2v) is 6.13. The fourth-order valence-electron chi connectivity index (χ4n) is 2.79. The molecule has 0 bridgehead atoms. The largest absolute Gasteiger partial charge is 0.296 e. The molecule has 17 heavy (non-hydrogen) atoms. The zero-order valence-electron chi connectivity index (χ0n) is 10.1. The van der Waals surface area contributed by atoms with Crippen LogP contribution in [0, 0.1) is 0 Å². The van der Waals surface area contributed by atoms with Gasteiger partial charge in [0.1, 0.15) is 0 Å². The first-order valence-electron chi connectivity index (χ1n) is 6.58. The van der Waals surface area contributed by atoms with Crippen LogP contribution in [0.5, 0.6) is 0 Å². The van der Waals surface area contributed by atoms with Gasteiger partial charge < -0.3 is 0 Å². The van der Waals surface area contributed by atoms with E-state index in [1.807, 2.05) is 11.8 Å². The summed E-state index contributed by atoms with van der Waals surface area (Å²) in [7, 11) is 0. The van der Waals surface area contributed by atoms with E-state index in [9.17, 15) is 0 Å². The molecule has 1 saturated heterocycles. The Hall–Kier alpha value is -0.730. The second-order valence-electron chi connectivity index (χ2n) is 4.93. The van der Waals surface area contributed by atoms with Crippen LogP contribution in [0.3, 0.4) is 0 Å². The normalized spacial score (nSPS) is 25.2. The minimum absolute atomic E-state index is 0.819. The summed E-state index contributed by atoms with van der Waals surface area (Å²) in [4.78, 5) is 5.60. The molecule has 1 aromatic carbocycles. The molecular weight excluding hydrogens is 226 g/mol. The molecule has 0 amide bonds. The van der Waals surface area contributed by atoms with Crippen molar-refractivity contribution in [3.8, 4) is 0 Å². The summed E-state index contributed by atoms with van der Waals surface area (Å²) < 4.78 is 0. The molecule has 0 radical (unpaired) electrons. The molecule has 1 nitrogen and oxygen atoms in total. The lowest BCUT2D eigenvalue weighted by Gasteiger charge is -2.38. The van der Waals surface area contributed by atoms with E-state index < -0.39 is 0 Å². The summed E-state index contributed by atoms with van der Waals surface area (Å²) >= 11 is 1.95. The number of hydrogen-bond acceptors (Lipinski definition) is 2. The molecule has 2 aliphatic heterocycles. The van der Waals surface area contributed by atoms with Crippen LogP contribution in [-0.4, -0.2) is 24.0 Å². The molecule has 1 unspecified atom stereocenters.